The Morgan fingerprint density at radius 2 is 1.85 bits per heavy atom. The number of pyridine rings is 1. The minimum Gasteiger partial charge on any atom is -0.475 e. The van der Waals surface area contributed by atoms with E-state index >= 15 is 0 Å². The van der Waals surface area contributed by atoms with Gasteiger partial charge in [-0.1, -0.05) is 50.2 Å². The van der Waals surface area contributed by atoms with Gasteiger partial charge in [0.1, 0.15) is 12.3 Å². The van der Waals surface area contributed by atoms with Gasteiger partial charge in [-0.2, -0.15) is 0 Å². The van der Waals surface area contributed by atoms with Gasteiger partial charge in [0.25, 0.3) is 5.91 Å². The molecule has 1 aromatic heterocycles. The van der Waals surface area contributed by atoms with Crippen molar-refractivity contribution in [1.29, 1.82) is 0 Å². The number of rotatable bonds is 4. The van der Waals surface area contributed by atoms with Crippen LogP contribution in [0.4, 0.5) is 5.69 Å². The van der Waals surface area contributed by atoms with Crippen molar-refractivity contribution in [1.82, 2.24) is 4.98 Å². The summed E-state index contributed by atoms with van der Waals surface area (Å²) in [4.78, 5) is 21.9. The van der Waals surface area contributed by atoms with Crippen LogP contribution in [-0.2, 0) is 4.74 Å². The minimum absolute atomic E-state index is 0.144. The molecule has 5 nitrogen and oxygen atoms in total. The second kappa shape index (κ2) is 7.19. The van der Waals surface area contributed by atoms with Gasteiger partial charge in [-0.05, 0) is 30.2 Å². The van der Waals surface area contributed by atoms with Crippen molar-refractivity contribution in [3.05, 3.63) is 71.9 Å². The maximum absolute atomic E-state index is 12.7. The first-order valence-corrected chi connectivity index (χ1v) is 9.09. The SMILES string of the molecule is CC(C)C1COC(c2ccccc2NC(=O)c2ccc3ccccc3n2)=N1. The quantitative estimate of drug-likeness (QED) is 0.756. The van der Waals surface area contributed by atoms with Crippen LogP contribution in [-0.4, -0.2) is 29.4 Å². The molecule has 0 bridgehead atoms. The molecule has 1 atom stereocenters. The molecule has 2 aromatic carbocycles. The number of nitrogens with zero attached hydrogens (tertiary/aromatic N) is 2. The maximum Gasteiger partial charge on any atom is 0.274 e. The molecule has 1 aliphatic heterocycles. The van der Waals surface area contributed by atoms with Gasteiger partial charge in [0.15, 0.2) is 0 Å². The number of fused-ring (bicyclic) bond motifs is 1. The Kier molecular flexibility index (Phi) is 4.59. The van der Waals surface area contributed by atoms with Crippen LogP contribution in [0.3, 0.4) is 0 Å². The fourth-order valence-corrected chi connectivity index (χ4v) is 3.04. The topological polar surface area (TPSA) is 63.6 Å². The molecule has 4 rings (SSSR count). The summed E-state index contributed by atoms with van der Waals surface area (Å²) in [5, 5.41) is 3.95. The van der Waals surface area contributed by atoms with Crippen LogP contribution in [0.2, 0.25) is 0 Å². The number of benzene rings is 2. The lowest BCUT2D eigenvalue weighted by molar-refractivity contribution is 0.102. The van der Waals surface area contributed by atoms with E-state index in [2.05, 4.69) is 29.1 Å². The molecule has 27 heavy (non-hydrogen) atoms. The highest BCUT2D eigenvalue weighted by atomic mass is 16.5. The normalized spacial score (nSPS) is 16.3. The third-order valence-corrected chi connectivity index (χ3v) is 4.68. The first kappa shape index (κ1) is 17.2. The van der Waals surface area contributed by atoms with Gasteiger partial charge < -0.3 is 10.1 Å². The van der Waals surface area contributed by atoms with Crippen LogP contribution >= 0.6 is 0 Å². The molecule has 1 aliphatic rings. The summed E-state index contributed by atoms with van der Waals surface area (Å²) < 4.78 is 5.78. The third kappa shape index (κ3) is 3.53. The van der Waals surface area contributed by atoms with E-state index in [0.717, 1.165) is 16.5 Å². The first-order valence-electron chi connectivity index (χ1n) is 9.09. The average Bonchev–Trinajstić information content (AvgIpc) is 3.18. The largest absolute Gasteiger partial charge is 0.475 e. The molecule has 0 radical (unpaired) electrons. The fraction of sp³-hybridized carbons (Fsp3) is 0.227. The number of carbonyl (C=O) groups excluding carboxylic acids is 1. The van der Waals surface area contributed by atoms with Crippen LogP contribution in [0, 0.1) is 5.92 Å². The van der Waals surface area contributed by atoms with E-state index in [4.69, 9.17) is 4.74 Å². The van der Waals surface area contributed by atoms with E-state index in [1.165, 1.54) is 0 Å². The van der Waals surface area contributed by atoms with Crippen molar-refractivity contribution >= 4 is 28.4 Å². The molecular formula is C22H21N3O2. The van der Waals surface area contributed by atoms with Gasteiger partial charge in [-0.15, -0.1) is 0 Å². The Morgan fingerprint density at radius 1 is 1.07 bits per heavy atom. The zero-order valence-corrected chi connectivity index (χ0v) is 15.3. The third-order valence-electron chi connectivity index (χ3n) is 4.68. The minimum atomic E-state index is -0.257. The summed E-state index contributed by atoms with van der Waals surface area (Å²) in [6, 6.07) is 19.1. The van der Waals surface area contributed by atoms with Crippen molar-refractivity contribution in [3.8, 4) is 0 Å². The first-order chi connectivity index (χ1) is 13.1. The molecule has 0 saturated heterocycles. The van der Waals surface area contributed by atoms with E-state index in [9.17, 15) is 4.79 Å². The number of hydrogen-bond donors (Lipinski definition) is 1. The average molecular weight is 359 g/mol. The van der Waals surface area contributed by atoms with Crippen molar-refractivity contribution in [2.45, 2.75) is 19.9 Å². The highest BCUT2D eigenvalue weighted by Gasteiger charge is 2.24. The van der Waals surface area contributed by atoms with Crippen molar-refractivity contribution in [3.63, 3.8) is 0 Å². The van der Waals surface area contributed by atoms with E-state index in [-0.39, 0.29) is 11.9 Å². The van der Waals surface area contributed by atoms with Gasteiger partial charge in [-0.3, -0.25) is 4.79 Å². The molecule has 1 unspecified atom stereocenters. The predicted molar refractivity (Wildman–Crippen MR) is 107 cm³/mol. The van der Waals surface area contributed by atoms with E-state index in [1.54, 1.807) is 6.07 Å². The Balaban J connectivity index is 1.61. The van der Waals surface area contributed by atoms with Gasteiger partial charge in [0.2, 0.25) is 5.90 Å². The molecule has 1 N–H and O–H groups in total. The summed E-state index contributed by atoms with van der Waals surface area (Å²) >= 11 is 0. The molecule has 136 valence electrons. The molecular weight excluding hydrogens is 338 g/mol. The van der Waals surface area contributed by atoms with Crippen molar-refractivity contribution in [2.75, 3.05) is 11.9 Å². The Morgan fingerprint density at radius 3 is 2.67 bits per heavy atom. The van der Waals surface area contributed by atoms with E-state index in [1.807, 2.05) is 54.6 Å². The summed E-state index contributed by atoms with van der Waals surface area (Å²) in [6.45, 7) is 4.82. The number of hydrogen-bond acceptors (Lipinski definition) is 4. The Hall–Kier alpha value is -3.21. The predicted octanol–water partition coefficient (Wildman–Crippen LogP) is 4.29. The number of amides is 1. The molecule has 0 spiro atoms. The summed E-state index contributed by atoms with van der Waals surface area (Å²) in [7, 11) is 0. The molecule has 2 heterocycles. The lowest BCUT2D eigenvalue weighted by Gasteiger charge is -2.10. The van der Waals surface area contributed by atoms with Gasteiger partial charge in [-0.25, -0.2) is 9.98 Å². The summed E-state index contributed by atoms with van der Waals surface area (Å²) in [6.07, 6.45) is 0. The van der Waals surface area contributed by atoms with Gasteiger partial charge in [0, 0.05) is 5.39 Å². The van der Waals surface area contributed by atoms with Crippen LogP contribution in [0.5, 0.6) is 0 Å². The van der Waals surface area contributed by atoms with Crippen molar-refractivity contribution < 1.29 is 9.53 Å². The molecule has 0 aliphatic carbocycles. The van der Waals surface area contributed by atoms with Crippen LogP contribution in [0.15, 0.2) is 65.7 Å². The smallest absolute Gasteiger partial charge is 0.274 e. The van der Waals surface area contributed by atoms with Crippen LogP contribution < -0.4 is 5.32 Å². The Bertz CT molecular complexity index is 1030. The van der Waals surface area contributed by atoms with Gasteiger partial charge >= 0.3 is 0 Å². The van der Waals surface area contributed by atoms with Crippen LogP contribution in [0.25, 0.3) is 10.9 Å². The zero-order valence-electron chi connectivity index (χ0n) is 15.3. The lowest BCUT2D eigenvalue weighted by Crippen LogP contribution is -2.16. The highest BCUT2D eigenvalue weighted by molar-refractivity contribution is 6.09. The lowest BCUT2D eigenvalue weighted by atomic mass is 10.1. The zero-order chi connectivity index (χ0) is 18.8. The highest BCUT2D eigenvalue weighted by Crippen LogP contribution is 2.23. The number of anilines is 1. The number of carbonyl (C=O) groups is 1. The Labute approximate surface area is 158 Å². The van der Waals surface area contributed by atoms with Crippen LogP contribution in [0.1, 0.15) is 29.9 Å². The molecule has 5 heteroatoms. The molecule has 3 aromatic rings. The molecule has 0 saturated carbocycles. The van der Waals surface area contributed by atoms with Crippen molar-refractivity contribution in [2.24, 2.45) is 10.9 Å². The number of nitrogens with one attached hydrogen (secondary N) is 1. The molecule has 1 amide bonds. The maximum atomic E-state index is 12.7. The van der Waals surface area contributed by atoms with E-state index in [0.29, 0.717) is 29.8 Å². The fourth-order valence-electron chi connectivity index (χ4n) is 3.04. The summed E-state index contributed by atoms with van der Waals surface area (Å²) in [5.74, 6) is 0.731. The van der Waals surface area contributed by atoms with Gasteiger partial charge in [0.05, 0.1) is 22.8 Å². The monoisotopic (exact) mass is 359 g/mol. The summed E-state index contributed by atoms with van der Waals surface area (Å²) in [5.41, 5.74) is 2.62. The number of aliphatic imine (C=N–C) groups is 1. The van der Waals surface area contributed by atoms with E-state index < -0.39 is 0 Å². The number of aromatic nitrogens is 1. The number of ether oxygens (including phenoxy) is 1. The second-order valence-corrected chi connectivity index (χ2v) is 6.95. The molecule has 0 fully saturated rings. The number of para-hydroxylation sites is 2. The standard InChI is InChI=1S/C22H21N3O2/c1-14(2)20-13-27-22(25-20)16-8-4-6-10-18(16)24-21(26)19-12-11-15-7-3-5-9-17(15)23-19/h3-12,14,20H,13H2,1-2H3,(H,24,26). The second-order valence-electron chi connectivity index (χ2n) is 6.95.